The highest BCUT2D eigenvalue weighted by molar-refractivity contribution is 7.16. The van der Waals surface area contributed by atoms with Gasteiger partial charge in [0, 0.05) is 6.61 Å². The molecular formula is C2H6BOP. The summed E-state index contributed by atoms with van der Waals surface area (Å²) in [7, 11) is 7.12. The Morgan fingerprint density at radius 3 is 2.40 bits per heavy atom. The summed E-state index contributed by atoms with van der Waals surface area (Å²) in [6.45, 7) is 0.630. The summed E-state index contributed by atoms with van der Waals surface area (Å²) in [4.78, 5) is 0. The summed E-state index contributed by atoms with van der Waals surface area (Å²) < 4.78 is 4.17. The van der Waals surface area contributed by atoms with Crippen LogP contribution < -0.4 is 0 Å². The molecule has 3 heteroatoms. The SMILES string of the molecule is [B]OCCP. The lowest BCUT2D eigenvalue weighted by molar-refractivity contribution is 0.380. The van der Waals surface area contributed by atoms with E-state index in [9.17, 15) is 0 Å². The Hall–Kier alpha value is 0.455. The molecule has 0 spiro atoms. The third-order valence-corrected chi connectivity index (χ3v) is 0.471. The molecule has 0 rings (SSSR count). The molecule has 0 bridgehead atoms. The van der Waals surface area contributed by atoms with Gasteiger partial charge in [0.1, 0.15) is 0 Å². The normalized spacial score (nSPS) is 8.20. The third-order valence-electron chi connectivity index (χ3n) is 0.236. The van der Waals surface area contributed by atoms with Crippen LogP contribution in [-0.4, -0.2) is 20.8 Å². The van der Waals surface area contributed by atoms with E-state index in [0.717, 1.165) is 6.16 Å². The predicted octanol–water partition coefficient (Wildman–Crippen LogP) is -0.0384. The molecule has 0 saturated heterocycles. The minimum atomic E-state index is 0.630. The fourth-order valence-electron chi connectivity index (χ4n) is 0.0680. The van der Waals surface area contributed by atoms with Crippen LogP contribution in [0.1, 0.15) is 0 Å². The van der Waals surface area contributed by atoms with Crippen LogP contribution in [0, 0.1) is 0 Å². The molecule has 0 aromatic rings. The minimum Gasteiger partial charge on any atom is -0.447 e. The molecule has 0 aliphatic rings. The molecule has 0 aromatic carbocycles. The summed E-state index contributed by atoms with van der Waals surface area (Å²) in [6, 6.07) is 0. The van der Waals surface area contributed by atoms with E-state index in [1.54, 1.807) is 0 Å². The van der Waals surface area contributed by atoms with E-state index in [1.165, 1.54) is 0 Å². The van der Waals surface area contributed by atoms with Crippen LogP contribution >= 0.6 is 9.24 Å². The summed E-state index contributed by atoms with van der Waals surface area (Å²) in [5.41, 5.74) is 0. The van der Waals surface area contributed by atoms with Gasteiger partial charge in [-0.05, 0) is 6.16 Å². The Bertz CT molecular complexity index is 17.1. The summed E-state index contributed by atoms with van der Waals surface area (Å²) in [6.07, 6.45) is 0.913. The highest BCUT2D eigenvalue weighted by Gasteiger charge is 1.66. The molecule has 5 heavy (non-hydrogen) atoms. The van der Waals surface area contributed by atoms with Crippen molar-refractivity contribution in [1.82, 2.24) is 0 Å². The molecule has 0 N–H and O–H groups in total. The van der Waals surface area contributed by atoms with Crippen molar-refractivity contribution in [3.8, 4) is 0 Å². The van der Waals surface area contributed by atoms with E-state index in [2.05, 4.69) is 21.9 Å². The zero-order chi connectivity index (χ0) is 4.12. The van der Waals surface area contributed by atoms with Crippen LogP contribution in [0.25, 0.3) is 0 Å². The lowest BCUT2D eigenvalue weighted by Crippen LogP contribution is -1.86. The van der Waals surface area contributed by atoms with Gasteiger partial charge in [-0.1, -0.05) is 0 Å². The third kappa shape index (κ3) is 4.45. The second-order valence-electron chi connectivity index (χ2n) is 0.659. The van der Waals surface area contributed by atoms with Crippen molar-refractivity contribution in [3.63, 3.8) is 0 Å². The topological polar surface area (TPSA) is 9.23 Å². The number of hydrogen-bond acceptors (Lipinski definition) is 1. The summed E-state index contributed by atoms with van der Waals surface area (Å²) in [5, 5.41) is 0. The second kappa shape index (κ2) is 4.45. The summed E-state index contributed by atoms with van der Waals surface area (Å²) in [5.74, 6) is 0. The highest BCUT2D eigenvalue weighted by atomic mass is 31.0. The van der Waals surface area contributed by atoms with Crippen molar-refractivity contribution in [2.45, 2.75) is 0 Å². The molecule has 0 amide bonds. The smallest absolute Gasteiger partial charge is 0.282 e. The zero-order valence-corrected chi connectivity index (χ0v) is 4.13. The van der Waals surface area contributed by atoms with Gasteiger partial charge in [-0.25, -0.2) is 0 Å². The van der Waals surface area contributed by atoms with Crippen LogP contribution in [0.2, 0.25) is 0 Å². The van der Waals surface area contributed by atoms with E-state index < -0.39 is 0 Å². The maximum Gasteiger partial charge on any atom is 0.282 e. The van der Waals surface area contributed by atoms with E-state index in [0.29, 0.717) is 6.61 Å². The fraction of sp³-hybridized carbons (Fsp3) is 1.00. The highest BCUT2D eigenvalue weighted by Crippen LogP contribution is 1.75. The van der Waals surface area contributed by atoms with Gasteiger partial charge in [-0.3, -0.25) is 0 Å². The first-order valence-electron chi connectivity index (χ1n) is 1.43. The maximum absolute atomic E-state index is 4.63. The van der Waals surface area contributed by atoms with E-state index >= 15 is 0 Å². The molecule has 0 heterocycles. The fourth-order valence-corrected chi connectivity index (χ4v) is 0.204. The molecule has 0 fully saturated rings. The van der Waals surface area contributed by atoms with Gasteiger partial charge >= 0.3 is 0 Å². The van der Waals surface area contributed by atoms with Crippen molar-refractivity contribution in [2.75, 3.05) is 12.8 Å². The van der Waals surface area contributed by atoms with Crippen LogP contribution in [0.15, 0.2) is 0 Å². The van der Waals surface area contributed by atoms with Crippen molar-refractivity contribution < 1.29 is 4.65 Å². The molecule has 0 aliphatic heterocycles. The first-order chi connectivity index (χ1) is 2.41. The number of rotatable bonds is 2. The zero-order valence-electron chi connectivity index (χ0n) is 2.98. The van der Waals surface area contributed by atoms with Crippen LogP contribution in [0.5, 0.6) is 0 Å². The Labute approximate surface area is 35.7 Å². The van der Waals surface area contributed by atoms with Gasteiger partial charge in [0.25, 0.3) is 8.05 Å². The summed E-state index contributed by atoms with van der Waals surface area (Å²) >= 11 is 0. The van der Waals surface area contributed by atoms with Gasteiger partial charge < -0.3 is 4.65 Å². The Balaban J connectivity index is 2.19. The average molecular weight is 87.9 g/mol. The minimum absolute atomic E-state index is 0.630. The van der Waals surface area contributed by atoms with Crippen LogP contribution in [-0.2, 0) is 4.65 Å². The number of hydrogen-bond donors (Lipinski definition) is 0. The van der Waals surface area contributed by atoms with Crippen molar-refractivity contribution >= 4 is 17.3 Å². The Morgan fingerprint density at radius 1 is 1.80 bits per heavy atom. The van der Waals surface area contributed by atoms with Crippen LogP contribution in [0.4, 0.5) is 0 Å². The van der Waals surface area contributed by atoms with Crippen molar-refractivity contribution in [2.24, 2.45) is 0 Å². The monoisotopic (exact) mass is 88.0 g/mol. The molecule has 0 aromatic heterocycles. The lowest BCUT2D eigenvalue weighted by atomic mass is 10.6. The quantitative estimate of drug-likeness (QED) is 0.340. The molecule has 28 valence electrons. The van der Waals surface area contributed by atoms with Gasteiger partial charge in [0.2, 0.25) is 0 Å². The van der Waals surface area contributed by atoms with E-state index in [1.807, 2.05) is 0 Å². The lowest BCUT2D eigenvalue weighted by Gasteiger charge is -1.85. The largest absolute Gasteiger partial charge is 0.447 e. The van der Waals surface area contributed by atoms with Crippen molar-refractivity contribution in [3.05, 3.63) is 0 Å². The molecule has 1 unspecified atom stereocenters. The average Bonchev–Trinajstić information content (AvgIpc) is 1.41. The Morgan fingerprint density at radius 2 is 2.40 bits per heavy atom. The van der Waals surface area contributed by atoms with Crippen LogP contribution in [0.3, 0.4) is 0 Å². The molecule has 2 radical (unpaired) electrons. The second-order valence-corrected chi connectivity index (χ2v) is 1.24. The van der Waals surface area contributed by atoms with Gasteiger partial charge in [-0.15, -0.1) is 9.24 Å². The molecule has 1 atom stereocenters. The van der Waals surface area contributed by atoms with E-state index in [-0.39, 0.29) is 0 Å². The van der Waals surface area contributed by atoms with Gasteiger partial charge in [0.15, 0.2) is 0 Å². The molecule has 0 saturated carbocycles. The Kier molecular flexibility index (Phi) is 4.86. The van der Waals surface area contributed by atoms with E-state index in [4.69, 9.17) is 0 Å². The van der Waals surface area contributed by atoms with Crippen molar-refractivity contribution in [1.29, 1.82) is 0 Å². The standard InChI is InChI=1S/C2H6BOP/c3-4-1-2-5/h1-2,5H2. The van der Waals surface area contributed by atoms with Gasteiger partial charge in [-0.2, -0.15) is 0 Å². The predicted molar refractivity (Wildman–Crippen MR) is 26.3 cm³/mol. The van der Waals surface area contributed by atoms with Gasteiger partial charge in [0.05, 0.1) is 0 Å². The molecule has 0 aliphatic carbocycles. The first-order valence-corrected chi connectivity index (χ1v) is 2.25. The molecular weight excluding hydrogens is 81.8 g/mol. The maximum atomic E-state index is 4.63. The first kappa shape index (κ1) is 5.45. The molecule has 1 nitrogen and oxygen atoms in total.